The highest BCUT2D eigenvalue weighted by Crippen LogP contribution is 2.46. The van der Waals surface area contributed by atoms with Gasteiger partial charge in [-0.1, -0.05) is 82.7 Å². The summed E-state index contributed by atoms with van der Waals surface area (Å²) >= 11 is 6.74. The van der Waals surface area contributed by atoms with E-state index in [-0.39, 0.29) is 46.7 Å². The Morgan fingerprint density at radius 3 is 1.27 bits per heavy atom. The van der Waals surface area contributed by atoms with Crippen LogP contribution in [-0.2, 0) is 36.7 Å². The van der Waals surface area contributed by atoms with E-state index in [0.29, 0.717) is 24.1 Å². The molecule has 556 valence electrons. The van der Waals surface area contributed by atoms with Crippen LogP contribution < -0.4 is 23.7 Å². The van der Waals surface area contributed by atoms with Crippen LogP contribution in [0.4, 0.5) is 0 Å². The van der Waals surface area contributed by atoms with Gasteiger partial charge in [0.15, 0.2) is 6.29 Å². The van der Waals surface area contributed by atoms with Gasteiger partial charge in [-0.2, -0.15) is 0 Å². The summed E-state index contributed by atoms with van der Waals surface area (Å²) < 4.78 is 54.4. The Morgan fingerprint density at radius 2 is 0.838 bits per heavy atom. The summed E-state index contributed by atoms with van der Waals surface area (Å²) in [4.78, 5) is 44.8. The van der Waals surface area contributed by atoms with Gasteiger partial charge in [0.05, 0.1) is 84.5 Å². The van der Waals surface area contributed by atoms with Crippen LogP contribution in [0.25, 0.3) is 32.3 Å². The molecule has 0 saturated heterocycles. The minimum atomic E-state index is -2.52. The van der Waals surface area contributed by atoms with Gasteiger partial charge in [0.2, 0.25) is 7.37 Å². The van der Waals surface area contributed by atoms with Crippen LogP contribution in [0.3, 0.4) is 0 Å². The molecule has 11 rings (SSSR count). The highest BCUT2D eigenvalue weighted by atomic mass is 79.9. The van der Waals surface area contributed by atoms with Crippen molar-refractivity contribution in [3.05, 3.63) is 265 Å². The standard InChI is InChI=1S/C18H16OS.C12H19O3P.C10H12O3.C9H11BrO.C9H12O2.C9H6OS.C8H8O4.C7H6O4/c1-13-9-14(11-16(10-13)19-2)7-8-17-12-15-5-3-4-6-18(15)20-17;1-5-15-16(4,13)9-11-6-10(2)7-12(8-11)14-3;1-7-4-8(10(11)13-3)6-9(5-7)12-2;2*1-7-3-8(6-10)5-9(4-7)11-2;10-6-8-5-7-3-1-2-4-9(7)11-8;1-12-8(11)5-2-6(9)4-7(10)3-5;8-5-1-4(7(10)11)2-6(9)3-5/h3-12H,1-2H3;6-8H,5,9H2,1-4H3;4-6H,1-3H3;3-5H,6H2,1-2H3;3-5,10H,6H2,1-2H3;1-6H;2-4,9-10H,1H3;1-3,8-9H,(H,10,11)/b8-7+;;;;;;;. The summed E-state index contributed by atoms with van der Waals surface area (Å²) in [5, 5.41) is 56.2. The second kappa shape index (κ2) is 44.9. The van der Waals surface area contributed by atoms with E-state index < -0.39 is 19.3 Å². The van der Waals surface area contributed by atoms with Crippen LogP contribution in [0.5, 0.6) is 51.7 Å². The van der Waals surface area contributed by atoms with Crippen LogP contribution >= 0.6 is 46.0 Å². The number of halogens is 1. The smallest absolute Gasteiger partial charge is 0.338 e. The third-order valence-electron chi connectivity index (χ3n) is 14.2. The second-order valence-electron chi connectivity index (χ2n) is 23.1. The van der Waals surface area contributed by atoms with Crippen molar-refractivity contribution in [2.45, 2.75) is 59.6 Å². The Kier molecular flexibility index (Phi) is 37.2. The highest BCUT2D eigenvalue weighted by molar-refractivity contribution is 9.08. The van der Waals surface area contributed by atoms with Gasteiger partial charge in [0.1, 0.15) is 51.7 Å². The number of carbonyl (C=O) groups is 4. The second-order valence-corrected chi connectivity index (χ2v) is 28.5. The largest absolute Gasteiger partial charge is 0.508 e. The summed E-state index contributed by atoms with van der Waals surface area (Å²) in [5.74, 6) is 1.11. The number of esters is 2. The number of aldehydes is 1. The number of phenolic OH excluding ortho intramolecular Hbond substituents is 4. The summed E-state index contributed by atoms with van der Waals surface area (Å²) in [5.41, 5.74) is 10.4. The number of hydrogen-bond acceptors (Lipinski definition) is 20. The van der Waals surface area contributed by atoms with Crippen LogP contribution in [0.1, 0.15) is 103 Å². The first-order valence-corrected chi connectivity index (χ1v) is 37.2. The first-order valence-electron chi connectivity index (χ1n) is 32.2. The molecule has 0 fully saturated rings. The number of phenols is 4. The number of aliphatic hydroxyl groups is 1. The first-order chi connectivity index (χ1) is 50.0. The number of carbonyl (C=O) groups excluding carboxylic acids is 3. The van der Waals surface area contributed by atoms with E-state index >= 15 is 0 Å². The number of methoxy groups -OCH3 is 7. The van der Waals surface area contributed by atoms with Crippen LogP contribution in [0, 0.1) is 34.6 Å². The lowest BCUT2D eigenvalue weighted by Crippen LogP contribution is -2.01. The lowest BCUT2D eigenvalue weighted by atomic mass is 10.1. The predicted molar refractivity (Wildman–Crippen MR) is 423 cm³/mol. The molecule has 2 aromatic heterocycles. The lowest BCUT2D eigenvalue weighted by molar-refractivity contribution is 0.0591. The number of carboxylic acid groups (broad SMARTS) is 1. The van der Waals surface area contributed by atoms with Gasteiger partial charge >= 0.3 is 17.9 Å². The van der Waals surface area contributed by atoms with Crippen molar-refractivity contribution in [3.8, 4) is 51.7 Å². The number of alkyl halides is 1. The number of ether oxygens (including phenoxy) is 7. The zero-order valence-corrected chi connectivity index (χ0v) is 65.2. The number of aromatic hydroxyl groups is 4. The molecule has 6 N–H and O–H groups in total. The van der Waals surface area contributed by atoms with E-state index in [0.717, 1.165) is 97.0 Å². The van der Waals surface area contributed by atoms with Gasteiger partial charge in [-0.15, -0.1) is 22.7 Å². The lowest BCUT2D eigenvalue weighted by Gasteiger charge is -2.13. The minimum Gasteiger partial charge on any atom is -0.508 e. The number of aliphatic hydroxyl groups excluding tert-OH is 1. The van der Waals surface area contributed by atoms with Crippen LogP contribution in [0.15, 0.2) is 188 Å². The maximum atomic E-state index is 12.0. The van der Waals surface area contributed by atoms with E-state index in [1.165, 1.54) is 79.6 Å². The van der Waals surface area contributed by atoms with Gasteiger partial charge in [-0.25, -0.2) is 14.4 Å². The SMILES string of the molecule is CCOP(C)(=O)Cc1cc(C)cc(OC)c1.COC(=O)c1cc(C)cc(OC)c1.COC(=O)c1cc(O)cc(O)c1.COc1cc(C)cc(/C=C/c2cc3ccccc3s2)c1.COc1cc(C)cc(CBr)c1.COc1cc(C)cc(CO)c1.O=C(O)c1cc(O)cc(O)c1.O=Cc1cc2ccccc2s1. The number of aromatic carboxylic acids is 1. The van der Waals surface area contributed by atoms with Crippen molar-refractivity contribution in [1.29, 1.82) is 0 Å². The molecule has 19 nitrogen and oxygen atoms in total. The Hall–Kier alpha value is -10.5. The molecular formula is C82H90BrO19PS2. The van der Waals surface area contributed by atoms with Gasteiger partial charge < -0.3 is 68.3 Å². The Bertz CT molecular complexity index is 4490. The minimum absolute atomic E-state index is 0.0675. The summed E-state index contributed by atoms with van der Waals surface area (Å²) in [6.45, 7) is 14.1. The molecule has 1 atom stereocenters. The molecule has 0 saturated carbocycles. The molecule has 105 heavy (non-hydrogen) atoms. The van der Waals surface area contributed by atoms with Gasteiger partial charge in [0, 0.05) is 44.6 Å². The fourth-order valence-corrected chi connectivity index (χ4v) is 13.4. The molecule has 0 aliphatic heterocycles. The number of benzene rings is 9. The Labute approximate surface area is 629 Å². The van der Waals surface area contributed by atoms with Crippen molar-refractivity contribution in [1.82, 2.24) is 0 Å². The molecule has 0 aliphatic rings. The van der Waals surface area contributed by atoms with Crippen molar-refractivity contribution >= 4 is 102 Å². The van der Waals surface area contributed by atoms with Crippen LogP contribution in [-0.4, -0.2) is 118 Å². The molecule has 11 aromatic rings. The molecule has 23 heteroatoms. The predicted octanol–water partition coefficient (Wildman–Crippen LogP) is 19.4. The van der Waals surface area contributed by atoms with Crippen molar-refractivity contribution < 1.29 is 92.1 Å². The Morgan fingerprint density at radius 1 is 0.457 bits per heavy atom. The topological polar surface area (TPSA) is 281 Å². The zero-order valence-electron chi connectivity index (χ0n) is 61.1. The van der Waals surface area contributed by atoms with Crippen molar-refractivity contribution in [2.24, 2.45) is 0 Å². The average Bonchev–Trinajstić information content (AvgIpc) is 1.76. The summed E-state index contributed by atoms with van der Waals surface area (Å²) in [7, 11) is 8.27. The fraction of sp³-hybridized carbons (Fsp3) is 0.220. The normalized spacial score (nSPS) is 10.7. The average molecular weight is 1550 g/mol. The molecule has 0 spiro atoms. The number of aryl methyl sites for hydroxylation is 5. The number of rotatable bonds is 17. The van der Waals surface area contributed by atoms with Gasteiger partial charge in [-0.05, 0) is 224 Å². The van der Waals surface area contributed by atoms with Gasteiger partial charge in [0.25, 0.3) is 0 Å². The monoisotopic (exact) mass is 1550 g/mol. The molecule has 9 aromatic carbocycles. The molecule has 1 unspecified atom stereocenters. The van der Waals surface area contributed by atoms with E-state index in [1.807, 2.05) is 130 Å². The quantitative estimate of drug-likeness (QED) is 0.0214. The number of thiophene rings is 2. The van der Waals surface area contributed by atoms with E-state index in [2.05, 4.69) is 99.9 Å². The van der Waals surface area contributed by atoms with E-state index in [9.17, 15) is 23.7 Å². The van der Waals surface area contributed by atoms with Crippen LogP contribution in [0.2, 0.25) is 0 Å². The number of hydrogen-bond donors (Lipinski definition) is 6. The summed E-state index contributed by atoms with van der Waals surface area (Å²) in [6.07, 6.45) is 5.66. The van der Waals surface area contributed by atoms with E-state index in [4.69, 9.17) is 58.8 Å². The molecule has 2 heterocycles. The maximum absolute atomic E-state index is 12.0. The molecular weight excluding hydrogens is 1460 g/mol. The Balaban J connectivity index is 0.000000257. The molecule has 0 bridgehead atoms. The van der Waals surface area contributed by atoms with Crippen molar-refractivity contribution in [3.63, 3.8) is 0 Å². The number of carboxylic acids is 1. The highest BCUT2D eigenvalue weighted by Gasteiger charge is 2.17. The third-order valence-corrected chi connectivity index (χ3v) is 18.7. The molecule has 0 amide bonds. The fourth-order valence-electron chi connectivity index (χ4n) is 9.70. The van der Waals surface area contributed by atoms with E-state index in [1.54, 1.807) is 54.3 Å². The van der Waals surface area contributed by atoms with Gasteiger partial charge in [-0.3, -0.25) is 9.36 Å². The maximum Gasteiger partial charge on any atom is 0.338 e. The molecule has 0 aliphatic carbocycles. The zero-order chi connectivity index (χ0) is 77.8. The third kappa shape index (κ3) is 31.6. The van der Waals surface area contributed by atoms with Crippen molar-refractivity contribution in [2.75, 3.05) is 63.0 Å². The molecule has 0 radical (unpaired) electrons. The number of fused-ring (bicyclic) bond motifs is 2. The summed E-state index contributed by atoms with van der Waals surface area (Å²) in [6, 6.07) is 56.6. The first kappa shape index (κ1) is 87.0.